The molecular formula is C10H9ClF7NO2. The van der Waals surface area contributed by atoms with Gasteiger partial charge in [-0.05, 0) is 18.2 Å². The van der Waals surface area contributed by atoms with Crippen molar-refractivity contribution in [1.82, 2.24) is 0 Å². The maximum absolute atomic E-state index is 13.3. The van der Waals surface area contributed by atoms with E-state index in [4.69, 9.17) is 10.8 Å². The van der Waals surface area contributed by atoms with Gasteiger partial charge in [0.25, 0.3) is 0 Å². The summed E-state index contributed by atoms with van der Waals surface area (Å²) < 4.78 is 89.2. The standard InChI is InChI=1S/C10H8F7NO2.ClH/c11-6-2-1-4(20-10(15,16)17)3-5(6)7(18)8(19)9(12,13)14;/h1-3,7-8,19H,18H2;1H/t7-,8-;/m1./s1. The molecule has 0 aromatic heterocycles. The molecule has 0 aliphatic heterocycles. The molecule has 21 heavy (non-hydrogen) atoms. The quantitative estimate of drug-likeness (QED) is 0.829. The Morgan fingerprint density at radius 1 is 1.10 bits per heavy atom. The van der Waals surface area contributed by atoms with Crippen molar-refractivity contribution in [2.24, 2.45) is 5.73 Å². The second kappa shape index (κ2) is 6.67. The Kier molecular flexibility index (Phi) is 6.27. The van der Waals surface area contributed by atoms with Crippen molar-refractivity contribution in [3.05, 3.63) is 29.6 Å². The first-order valence-electron chi connectivity index (χ1n) is 4.97. The van der Waals surface area contributed by atoms with Gasteiger partial charge < -0.3 is 15.6 Å². The number of hydrogen-bond donors (Lipinski definition) is 2. The van der Waals surface area contributed by atoms with E-state index in [1.807, 2.05) is 0 Å². The third-order valence-corrected chi connectivity index (χ3v) is 2.24. The summed E-state index contributed by atoms with van der Waals surface area (Å²) in [5, 5.41) is 8.88. The van der Waals surface area contributed by atoms with Crippen LogP contribution in [0.5, 0.6) is 5.75 Å². The average molecular weight is 344 g/mol. The van der Waals surface area contributed by atoms with Gasteiger partial charge in [0, 0.05) is 5.56 Å². The monoisotopic (exact) mass is 343 g/mol. The largest absolute Gasteiger partial charge is 0.573 e. The molecule has 0 saturated carbocycles. The number of nitrogens with two attached hydrogens (primary N) is 1. The van der Waals surface area contributed by atoms with Crippen molar-refractivity contribution in [3.8, 4) is 5.75 Å². The fourth-order valence-electron chi connectivity index (χ4n) is 1.35. The van der Waals surface area contributed by atoms with Crippen molar-refractivity contribution in [3.63, 3.8) is 0 Å². The highest BCUT2D eigenvalue weighted by Crippen LogP contribution is 2.32. The van der Waals surface area contributed by atoms with Gasteiger partial charge in [-0.3, -0.25) is 0 Å². The summed E-state index contributed by atoms with van der Waals surface area (Å²) in [6.45, 7) is 0. The van der Waals surface area contributed by atoms with Crippen LogP contribution < -0.4 is 10.5 Å². The molecule has 122 valence electrons. The van der Waals surface area contributed by atoms with Crippen LogP contribution in [0.25, 0.3) is 0 Å². The average Bonchev–Trinajstić information content (AvgIpc) is 2.26. The summed E-state index contributed by atoms with van der Waals surface area (Å²) in [7, 11) is 0. The lowest BCUT2D eigenvalue weighted by atomic mass is 10.0. The van der Waals surface area contributed by atoms with E-state index in [1.165, 1.54) is 0 Å². The molecule has 11 heteroatoms. The van der Waals surface area contributed by atoms with Crippen molar-refractivity contribution < 1.29 is 40.6 Å². The van der Waals surface area contributed by atoms with Crippen molar-refractivity contribution in [2.45, 2.75) is 24.7 Å². The summed E-state index contributed by atoms with van der Waals surface area (Å²) in [6, 6.07) is -0.910. The predicted molar refractivity (Wildman–Crippen MR) is 59.3 cm³/mol. The Hall–Kier alpha value is -1.26. The molecule has 0 saturated heterocycles. The minimum atomic E-state index is -5.15. The van der Waals surface area contributed by atoms with Crippen molar-refractivity contribution >= 4 is 12.4 Å². The Labute approximate surface area is 119 Å². The maximum atomic E-state index is 13.3. The number of halogens is 8. The lowest BCUT2D eigenvalue weighted by Gasteiger charge is -2.22. The van der Waals surface area contributed by atoms with Crippen LogP contribution in [0.15, 0.2) is 18.2 Å². The van der Waals surface area contributed by atoms with E-state index in [2.05, 4.69) is 4.74 Å². The second-order valence-corrected chi connectivity index (χ2v) is 3.74. The Balaban J connectivity index is 0.00000400. The minimum Gasteiger partial charge on any atom is -0.406 e. The van der Waals surface area contributed by atoms with Crippen LogP contribution in [0.1, 0.15) is 11.6 Å². The number of ether oxygens (including phenoxy) is 1. The van der Waals surface area contributed by atoms with Gasteiger partial charge in [0.05, 0.1) is 6.04 Å². The third-order valence-electron chi connectivity index (χ3n) is 2.24. The lowest BCUT2D eigenvalue weighted by Crippen LogP contribution is -2.39. The topological polar surface area (TPSA) is 55.5 Å². The Bertz CT molecular complexity index is 477. The van der Waals surface area contributed by atoms with Crippen LogP contribution in [-0.4, -0.2) is 23.7 Å². The first-order chi connectivity index (χ1) is 8.92. The lowest BCUT2D eigenvalue weighted by molar-refractivity contribution is -0.274. The highest BCUT2D eigenvalue weighted by molar-refractivity contribution is 5.85. The van der Waals surface area contributed by atoms with Crippen molar-refractivity contribution in [1.29, 1.82) is 0 Å². The highest BCUT2D eigenvalue weighted by Gasteiger charge is 2.43. The van der Waals surface area contributed by atoms with Gasteiger partial charge in [0.2, 0.25) is 0 Å². The van der Waals surface area contributed by atoms with Crippen LogP contribution in [0, 0.1) is 5.82 Å². The molecule has 1 aromatic carbocycles. The molecular weight excluding hydrogens is 335 g/mol. The van der Waals surface area contributed by atoms with E-state index >= 15 is 0 Å². The molecule has 0 spiro atoms. The van der Waals surface area contributed by atoms with Gasteiger partial charge >= 0.3 is 12.5 Å². The van der Waals surface area contributed by atoms with Crippen LogP contribution in [-0.2, 0) is 0 Å². The summed E-state index contributed by atoms with van der Waals surface area (Å²) in [5.41, 5.74) is 4.06. The van der Waals surface area contributed by atoms with Gasteiger partial charge in [-0.25, -0.2) is 4.39 Å². The summed E-state index contributed by atoms with van der Waals surface area (Å²) in [6.07, 6.45) is -13.4. The number of hydrogen-bond acceptors (Lipinski definition) is 3. The SMILES string of the molecule is Cl.N[C@H](c1cc(OC(F)(F)F)ccc1F)[C@@H](O)C(F)(F)F. The Morgan fingerprint density at radius 2 is 1.62 bits per heavy atom. The number of rotatable bonds is 3. The summed E-state index contributed by atoms with van der Waals surface area (Å²) >= 11 is 0. The molecule has 0 amide bonds. The van der Waals surface area contributed by atoms with E-state index in [-0.39, 0.29) is 12.4 Å². The first kappa shape index (κ1) is 19.7. The van der Waals surface area contributed by atoms with Crippen LogP contribution in [0.2, 0.25) is 0 Å². The molecule has 3 N–H and O–H groups in total. The second-order valence-electron chi connectivity index (χ2n) is 3.74. The number of alkyl halides is 6. The zero-order chi connectivity index (χ0) is 15.7. The smallest absolute Gasteiger partial charge is 0.406 e. The molecule has 3 nitrogen and oxygen atoms in total. The van der Waals surface area contributed by atoms with Gasteiger partial charge in [0.1, 0.15) is 11.6 Å². The number of aliphatic hydroxyl groups is 1. The molecule has 0 fully saturated rings. The van der Waals surface area contributed by atoms with E-state index in [1.54, 1.807) is 0 Å². The van der Waals surface area contributed by atoms with Gasteiger partial charge in [-0.1, -0.05) is 0 Å². The van der Waals surface area contributed by atoms with E-state index in [0.29, 0.717) is 18.2 Å². The van der Waals surface area contributed by atoms with Gasteiger partial charge in [0.15, 0.2) is 6.10 Å². The van der Waals surface area contributed by atoms with E-state index in [0.717, 1.165) is 0 Å². The van der Waals surface area contributed by atoms with E-state index < -0.39 is 41.8 Å². The molecule has 1 rings (SSSR count). The molecule has 0 aliphatic carbocycles. The van der Waals surface area contributed by atoms with Gasteiger partial charge in [-0.2, -0.15) is 13.2 Å². The first-order valence-corrected chi connectivity index (χ1v) is 4.97. The summed E-state index contributed by atoms with van der Waals surface area (Å²) in [4.78, 5) is 0. The maximum Gasteiger partial charge on any atom is 0.573 e. The summed E-state index contributed by atoms with van der Waals surface area (Å²) in [5.74, 6) is -2.24. The third kappa shape index (κ3) is 5.56. The fourth-order valence-corrected chi connectivity index (χ4v) is 1.35. The van der Waals surface area contributed by atoms with Crippen molar-refractivity contribution in [2.75, 3.05) is 0 Å². The Morgan fingerprint density at radius 3 is 2.05 bits per heavy atom. The van der Waals surface area contributed by atoms with Gasteiger partial charge in [-0.15, -0.1) is 25.6 Å². The molecule has 0 unspecified atom stereocenters. The van der Waals surface area contributed by atoms with Crippen LogP contribution in [0.3, 0.4) is 0 Å². The zero-order valence-corrected chi connectivity index (χ0v) is 10.7. The molecule has 1 aromatic rings. The minimum absolute atomic E-state index is 0. The molecule has 0 heterocycles. The number of aliphatic hydroxyl groups excluding tert-OH is 1. The number of benzene rings is 1. The van der Waals surface area contributed by atoms with Crippen LogP contribution in [0.4, 0.5) is 30.7 Å². The molecule has 0 aliphatic rings. The molecule has 2 atom stereocenters. The zero-order valence-electron chi connectivity index (χ0n) is 9.87. The highest BCUT2D eigenvalue weighted by atomic mass is 35.5. The predicted octanol–water partition coefficient (Wildman–Crippen LogP) is 3.07. The molecule has 0 radical (unpaired) electrons. The normalized spacial score (nSPS) is 15.1. The van der Waals surface area contributed by atoms with E-state index in [9.17, 15) is 30.7 Å². The van der Waals surface area contributed by atoms with Crippen LogP contribution >= 0.6 is 12.4 Å². The fraction of sp³-hybridized carbons (Fsp3) is 0.400. The molecule has 0 bridgehead atoms.